The number of methoxy groups -OCH3 is 1. The monoisotopic (exact) mass is 375 g/mol. The summed E-state index contributed by atoms with van der Waals surface area (Å²) >= 11 is 9.41. The maximum atomic E-state index is 12.5. The number of carbonyl (C=O) groups is 2. The molecule has 1 amide bonds. The van der Waals surface area contributed by atoms with Crippen LogP contribution in [0.15, 0.2) is 22.7 Å². The molecule has 1 heterocycles. The summed E-state index contributed by atoms with van der Waals surface area (Å²) in [5.74, 6) is -0.519. The van der Waals surface area contributed by atoms with E-state index in [0.717, 1.165) is 4.47 Å². The predicted molar refractivity (Wildman–Crippen MR) is 81.4 cm³/mol. The molecule has 5 nitrogen and oxygen atoms in total. The van der Waals surface area contributed by atoms with Gasteiger partial charge in [0, 0.05) is 17.6 Å². The van der Waals surface area contributed by atoms with E-state index < -0.39 is 0 Å². The number of esters is 1. The van der Waals surface area contributed by atoms with Crippen molar-refractivity contribution in [3.8, 4) is 0 Å². The highest BCUT2D eigenvalue weighted by Crippen LogP contribution is 2.23. The molecule has 0 spiro atoms. The van der Waals surface area contributed by atoms with Gasteiger partial charge in [-0.2, -0.15) is 0 Å². The fraction of sp³-hybridized carbons (Fsp3) is 0.429. The van der Waals surface area contributed by atoms with Crippen LogP contribution in [0.3, 0.4) is 0 Å². The molecule has 1 aromatic rings. The van der Waals surface area contributed by atoms with Gasteiger partial charge in [0.2, 0.25) is 0 Å². The molecule has 1 fully saturated rings. The van der Waals surface area contributed by atoms with E-state index >= 15 is 0 Å². The molecule has 114 valence electrons. The number of rotatable bonds is 3. The van der Waals surface area contributed by atoms with E-state index in [9.17, 15) is 9.59 Å². The van der Waals surface area contributed by atoms with Gasteiger partial charge in [0.15, 0.2) is 0 Å². The van der Waals surface area contributed by atoms with E-state index in [1.165, 1.54) is 7.11 Å². The third-order valence-corrected chi connectivity index (χ3v) is 4.03. The first-order chi connectivity index (χ1) is 10.0. The van der Waals surface area contributed by atoms with Gasteiger partial charge in [0.1, 0.15) is 0 Å². The summed E-state index contributed by atoms with van der Waals surface area (Å²) in [7, 11) is 1.33. The maximum Gasteiger partial charge on any atom is 0.308 e. The van der Waals surface area contributed by atoms with Crippen LogP contribution in [0, 0.1) is 0 Å². The number of morpholine rings is 1. The molecule has 1 aromatic carbocycles. The van der Waals surface area contributed by atoms with E-state index in [-0.39, 0.29) is 24.4 Å². The first kappa shape index (κ1) is 16.3. The molecular formula is C14H15BrClNO4. The van der Waals surface area contributed by atoms with Crippen LogP contribution in [-0.4, -0.2) is 49.7 Å². The summed E-state index contributed by atoms with van der Waals surface area (Å²) in [5.41, 5.74) is 0.435. The van der Waals surface area contributed by atoms with E-state index in [2.05, 4.69) is 20.7 Å². The summed E-state index contributed by atoms with van der Waals surface area (Å²) < 4.78 is 10.9. The van der Waals surface area contributed by atoms with Crippen molar-refractivity contribution in [2.24, 2.45) is 0 Å². The number of ether oxygens (including phenoxy) is 2. The number of carbonyl (C=O) groups excluding carboxylic acids is 2. The minimum Gasteiger partial charge on any atom is -0.469 e. The fourth-order valence-electron chi connectivity index (χ4n) is 2.13. The van der Waals surface area contributed by atoms with E-state index in [4.69, 9.17) is 16.3 Å². The van der Waals surface area contributed by atoms with Crippen molar-refractivity contribution in [2.75, 3.05) is 26.8 Å². The lowest BCUT2D eigenvalue weighted by Crippen LogP contribution is -2.46. The van der Waals surface area contributed by atoms with Crippen molar-refractivity contribution in [3.05, 3.63) is 33.3 Å². The molecular weight excluding hydrogens is 362 g/mol. The van der Waals surface area contributed by atoms with Crippen molar-refractivity contribution >= 4 is 39.4 Å². The van der Waals surface area contributed by atoms with Gasteiger partial charge in [-0.3, -0.25) is 9.59 Å². The van der Waals surface area contributed by atoms with Gasteiger partial charge in [-0.25, -0.2) is 0 Å². The molecule has 2 rings (SSSR count). The van der Waals surface area contributed by atoms with Gasteiger partial charge in [-0.05, 0) is 18.2 Å². The summed E-state index contributed by atoms with van der Waals surface area (Å²) in [4.78, 5) is 25.5. The van der Waals surface area contributed by atoms with Gasteiger partial charge >= 0.3 is 5.97 Å². The Morgan fingerprint density at radius 1 is 1.52 bits per heavy atom. The third kappa shape index (κ3) is 4.18. The Morgan fingerprint density at radius 3 is 3.00 bits per heavy atom. The number of nitrogens with zero attached hydrogens (tertiary/aromatic N) is 1. The first-order valence-electron chi connectivity index (χ1n) is 6.44. The highest BCUT2D eigenvalue weighted by atomic mass is 79.9. The van der Waals surface area contributed by atoms with Crippen LogP contribution in [0.4, 0.5) is 0 Å². The van der Waals surface area contributed by atoms with Crippen LogP contribution in [-0.2, 0) is 14.3 Å². The number of hydrogen-bond donors (Lipinski definition) is 0. The average Bonchev–Trinajstić information content (AvgIpc) is 2.49. The highest BCUT2D eigenvalue weighted by molar-refractivity contribution is 9.10. The van der Waals surface area contributed by atoms with Gasteiger partial charge in [-0.1, -0.05) is 27.5 Å². The van der Waals surface area contributed by atoms with Crippen molar-refractivity contribution in [3.63, 3.8) is 0 Å². The fourth-order valence-corrected chi connectivity index (χ4v) is 2.69. The van der Waals surface area contributed by atoms with E-state index in [1.807, 2.05) is 0 Å². The van der Waals surface area contributed by atoms with Crippen molar-refractivity contribution < 1.29 is 19.1 Å². The standard InChI is InChI=1S/C14H15BrClNO4/c1-20-13(18)7-10-8-17(4-5-21-10)14(19)11-6-9(15)2-3-12(11)16/h2-3,6,10H,4-5,7-8H2,1H3. The molecule has 7 heteroatoms. The zero-order valence-electron chi connectivity index (χ0n) is 11.5. The Bertz CT molecular complexity index is 552. The van der Waals surface area contributed by atoms with Crippen LogP contribution in [0.5, 0.6) is 0 Å². The maximum absolute atomic E-state index is 12.5. The largest absolute Gasteiger partial charge is 0.469 e. The number of halogens is 2. The lowest BCUT2D eigenvalue weighted by atomic mass is 10.1. The summed E-state index contributed by atoms with van der Waals surface area (Å²) in [6.45, 7) is 1.20. The van der Waals surface area contributed by atoms with E-state index in [0.29, 0.717) is 30.3 Å². The molecule has 1 atom stereocenters. The Hall–Kier alpha value is -1.11. The molecule has 1 unspecified atom stereocenters. The molecule has 1 aliphatic rings. The van der Waals surface area contributed by atoms with Crippen LogP contribution in [0.1, 0.15) is 16.8 Å². The van der Waals surface area contributed by atoms with E-state index in [1.54, 1.807) is 23.1 Å². The Labute approximate surface area is 136 Å². The summed E-state index contributed by atoms with van der Waals surface area (Å²) in [5, 5.41) is 0.402. The number of benzene rings is 1. The first-order valence-corrected chi connectivity index (χ1v) is 7.61. The van der Waals surface area contributed by atoms with Gasteiger partial charge < -0.3 is 14.4 Å². The highest BCUT2D eigenvalue weighted by Gasteiger charge is 2.27. The molecule has 0 saturated carbocycles. The lowest BCUT2D eigenvalue weighted by molar-refractivity contribution is -0.145. The second-order valence-electron chi connectivity index (χ2n) is 4.65. The minimum atomic E-state index is -0.352. The van der Waals surface area contributed by atoms with Crippen LogP contribution in [0.2, 0.25) is 5.02 Å². The SMILES string of the molecule is COC(=O)CC1CN(C(=O)c2cc(Br)ccc2Cl)CCO1. The minimum absolute atomic E-state index is 0.131. The molecule has 0 aromatic heterocycles. The summed E-state index contributed by atoms with van der Waals surface area (Å²) in [6.07, 6.45) is -0.215. The molecule has 0 radical (unpaired) electrons. The van der Waals surface area contributed by atoms with Crippen LogP contribution in [0.25, 0.3) is 0 Å². The molecule has 21 heavy (non-hydrogen) atoms. The van der Waals surface area contributed by atoms with Crippen LogP contribution < -0.4 is 0 Å². The second-order valence-corrected chi connectivity index (χ2v) is 5.97. The Morgan fingerprint density at radius 2 is 2.29 bits per heavy atom. The van der Waals surface area contributed by atoms with Crippen molar-refractivity contribution in [2.45, 2.75) is 12.5 Å². The topological polar surface area (TPSA) is 55.8 Å². The smallest absolute Gasteiger partial charge is 0.308 e. The number of hydrogen-bond acceptors (Lipinski definition) is 4. The Kier molecular flexibility index (Phi) is 5.61. The van der Waals surface area contributed by atoms with Gasteiger partial charge in [0.25, 0.3) is 5.91 Å². The third-order valence-electron chi connectivity index (χ3n) is 3.21. The normalized spacial score (nSPS) is 18.4. The lowest BCUT2D eigenvalue weighted by Gasteiger charge is -2.32. The van der Waals surface area contributed by atoms with Crippen molar-refractivity contribution in [1.82, 2.24) is 4.90 Å². The summed E-state index contributed by atoms with van der Waals surface area (Å²) in [6, 6.07) is 5.14. The zero-order chi connectivity index (χ0) is 15.4. The number of amides is 1. The Balaban J connectivity index is 2.08. The molecule has 0 aliphatic carbocycles. The average molecular weight is 377 g/mol. The molecule has 0 bridgehead atoms. The van der Waals surface area contributed by atoms with Gasteiger partial charge in [-0.15, -0.1) is 0 Å². The second kappa shape index (κ2) is 7.24. The zero-order valence-corrected chi connectivity index (χ0v) is 13.8. The molecule has 0 N–H and O–H groups in total. The van der Waals surface area contributed by atoms with Crippen LogP contribution >= 0.6 is 27.5 Å². The predicted octanol–water partition coefficient (Wildman–Crippen LogP) is 2.51. The quantitative estimate of drug-likeness (QED) is 0.761. The molecule has 1 aliphatic heterocycles. The van der Waals surface area contributed by atoms with Gasteiger partial charge in [0.05, 0.1) is 36.8 Å². The molecule has 1 saturated heterocycles. The van der Waals surface area contributed by atoms with Crippen molar-refractivity contribution in [1.29, 1.82) is 0 Å².